The summed E-state index contributed by atoms with van der Waals surface area (Å²) in [6.45, 7) is 1.15. The van der Waals surface area contributed by atoms with E-state index in [0.29, 0.717) is 18.7 Å². The number of rotatable bonds is 9. The summed E-state index contributed by atoms with van der Waals surface area (Å²) >= 11 is 0. The standard InChI is InChI=1S/C19H21FN2O4/c1-25-19(24)15-8-6-14(7-9-15)12-22-18(23)13-21-10-11-26-17-5-3-2-4-16(17)20/h2-9,21H,10-13H2,1H3,(H,22,23). The molecule has 1 amide bonds. The maximum atomic E-state index is 13.3. The SMILES string of the molecule is COC(=O)c1ccc(CNC(=O)CNCCOc2ccccc2F)cc1. The Morgan fingerprint density at radius 1 is 1.08 bits per heavy atom. The molecular weight excluding hydrogens is 339 g/mol. The van der Waals surface area contributed by atoms with Gasteiger partial charge in [0.1, 0.15) is 6.61 Å². The third kappa shape index (κ3) is 6.18. The van der Waals surface area contributed by atoms with E-state index in [1.807, 2.05) is 0 Å². The van der Waals surface area contributed by atoms with Gasteiger partial charge >= 0.3 is 5.97 Å². The molecule has 0 atom stereocenters. The molecule has 0 radical (unpaired) electrons. The lowest BCUT2D eigenvalue weighted by molar-refractivity contribution is -0.120. The monoisotopic (exact) mass is 360 g/mol. The molecule has 6 nitrogen and oxygen atoms in total. The van der Waals surface area contributed by atoms with Gasteiger partial charge in [0, 0.05) is 13.1 Å². The number of methoxy groups -OCH3 is 1. The van der Waals surface area contributed by atoms with Gasteiger partial charge in [0.2, 0.25) is 5.91 Å². The number of halogens is 1. The fourth-order valence-corrected chi connectivity index (χ4v) is 2.14. The molecule has 0 aliphatic rings. The topological polar surface area (TPSA) is 76.7 Å². The van der Waals surface area contributed by atoms with Crippen molar-refractivity contribution in [3.05, 3.63) is 65.5 Å². The highest BCUT2D eigenvalue weighted by Crippen LogP contribution is 2.14. The number of nitrogens with one attached hydrogen (secondary N) is 2. The van der Waals surface area contributed by atoms with Crippen molar-refractivity contribution in [1.82, 2.24) is 10.6 Å². The minimum atomic E-state index is -0.413. The minimum Gasteiger partial charge on any atom is -0.489 e. The number of esters is 1. The zero-order valence-electron chi connectivity index (χ0n) is 14.5. The molecule has 0 saturated carbocycles. The Kier molecular flexibility index (Phi) is 7.57. The summed E-state index contributed by atoms with van der Waals surface area (Å²) in [5.74, 6) is -0.798. The summed E-state index contributed by atoms with van der Waals surface area (Å²) in [4.78, 5) is 23.1. The Morgan fingerprint density at radius 2 is 1.81 bits per heavy atom. The molecule has 0 aliphatic heterocycles. The molecule has 2 aromatic rings. The third-order valence-electron chi connectivity index (χ3n) is 3.52. The second-order valence-corrected chi connectivity index (χ2v) is 5.42. The molecule has 0 unspecified atom stereocenters. The van der Waals surface area contributed by atoms with E-state index in [-0.39, 0.29) is 24.8 Å². The molecule has 0 fully saturated rings. The fourth-order valence-electron chi connectivity index (χ4n) is 2.14. The molecule has 0 heterocycles. The van der Waals surface area contributed by atoms with Crippen LogP contribution in [0.5, 0.6) is 5.75 Å². The van der Waals surface area contributed by atoms with Crippen LogP contribution in [-0.2, 0) is 16.1 Å². The molecule has 2 N–H and O–H groups in total. The first-order chi connectivity index (χ1) is 12.6. The summed E-state index contributed by atoms with van der Waals surface area (Å²) in [5.41, 5.74) is 1.33. The first-order valence-corrected chi connectivity index (χ1v) is 8.12. The Labute approximate surface area is 151 Å². The Bertz CT molecular complexity index is 735. The number of benzene rings is 2. The lowest BCUT2D eigenvalue weighted by atomic mass is 10.1. The summed E-state index contributed by atoms with van der Waals surface area (Å²) in [6, 6.07) is 13.0. The molecule has 0 aliphatic carbocycles. The van der Waals surface area contributed by atoms with E-state index in [0.717, 1.165) is 5.56 Å². The lowest BCUT2D eigenvalue weighted by Crippen LogP contribution is -2.35. The summed E-state index contributed by atoms with van der Waals surface area (Å²) in [6.07, 6.45) is 0. The fraction of sp³-hybridized carbons (Fsp3) is 0.263. The van der Waals surface area contributed by atoms with Crippen LogP contribution >= 0.6 is 0 Å². The number of para-hydroxylation sites is 1. The Hall–Kier alpha value is -2.93. The maximum Gasteiger partial charge on any atom is 0.337 e. The van der Waals surface area contributed by atoms with Gasteiger partial charge in [-0.25, -0.2) is 9.18 Å². The van der Waals surface area contributed by atoms with Gasteiger partial charge in [-0.3, -0.25) is 4.79 Å². The van der Waals surface area contributed by atoms with Crippen LogP contribution in [-0.4, -0.2) is 38.7 Å². The van der Waals surface area contributed by atoms with Crippen LogP contribution in [0.1, 0.15) is 15.9 Å². The number of carbonyl (C=O) groups is 2. The van der Waals surface area contributed by atoms with Gasteiger partial charge in [-0.2, -0.15) is 0 Å². The van der Waals surface area contributed by atoms with E-state index in [1.54, 1.807) is 42.5 Å². The number of hydrogen-bond acceptors (Lipinski definition) is 5. The van der Waals surface area contributed by atoms with Crippen molar-refractivity contribution >= 4 is 11.9 Å². The molecule has 0 spiro atoms. The molecule has 0 saturated heterocycles. The van der Waals surface area contributed by atoms with E-state index in [1.165, 1.54) is 13.2 Å². The molecule has 26 heavy (non-hydrogen) atoms. The van der Waals surface area contributed by atoms with Crippen molar-refractivity contribution in [3.8, 4) is 5.75 Å². The molecule has 2 rings (SSSR count). The van der Waals surface area contributed by atoms with Crippen LogP contribution < -0.4 is 15.4 Å². The molecule has 0 bridgehead atoms. The van der Waals surface area contributed by atoms with Crippen LogP contribution in [0.3, 0.4) is 0 Å². The van der Waals surface area contributed by atoms with Crippen LogP contribution in [0.25, 0.3) is 0 Å². The van der Waals surface area contributed by atoms with Gasteiger partial charge in [-0.05, 0) is 29.8 Å². The Morgan fingerprint density at radius 3 is 2.50 bits per heavy atom. The second kappa shape index (κ2) is 10.1. The number of ether oxygens (including phenoxy) is 2. The second-order valence-electron chi connectivity index (χ2n) is 5.42. The summed E-state index contributed by atoms with van der Waals surface area (Å²) < 4.78 is 23.2. The highest BCUT2D eigenvalue weighted by molar-refractivity contribution is 5.89. The summed E-state index contributed by atoms with van der Waals surface area (Å²) in [5, 5.41) is 5.68. The van der Waals surface area contributed by atoms with E-state index in [4.69, 9.17) is 4.74 Å². The van der Waals surface area contributed by atoms with E-state index >= 15 is 0 Å². The van der Waals surface area contributed by atoms with Gasteiger partial charge in [0.25, 0.3) is 0 Å². The molecule has 2 aromatic carbocycles. The van der Waals surface area contributed by atoms with Crippen molar-refractivity contribution < 1.29 is 23.5 Å². The highest BCUT2D eigenvalue weighted by atomic mass is 19.1. The zero-order chi connectivity index (χ0) is 18.8. The minimum absolute atomic E-state index is 0.126. The average Bonchev–Trinajstić information content (AvgIpc) is 2.67. The van der Waals surface area contributed by atoms with Crippen molar-refractivity contribution in [3.63, 3.8) is 0 Å². The van der Waals surface area contributed by atoms with Crippen LogP contribution in [0, 0.1) is 5.82 Å². The zero-order valence-corrected chi connectivity index (χ0v) is 14.5. The number of hydrogen-bond donors (Lipinski definition) is 2. The molecule has 7 heteroatoms. The molecular formula is C19H21FN2O4. The van der Waals surface area contributed by atoms with Crippen LogP contribution in [0.4, 0.5) is 4.39 Å². The van der Waals surface area contributed by atoms with Crippen molar-refractivity contribution in [2.45, 2.75) is 6.54 Å². The first kappa shape index (κ1) is 19.4. The quantitative estimate of drug-likeness (QED) is 0.528. The largest absolute Gasteiger partial charge is 0.489 e. The van der Waals surface area contributed by atoms with Crippen LogP contribution in [0.2, 0.25) is 0 Å². The highest BCUT2D eigenvalue weighted by Gasteiger charge is 2.06. The normalized spacial score (nSPS) is 10.2. The molecule has 0 aromatic heterocycles. The number of carbonyl (C=O) groups excluding carboxylic acids is 2. The number of amides is 1. The Balaban J connectivity index is 1.61. The van der Waals surface area contributed by atoms with Crippen molar-refractivity contribution in [1.29, 1.82) is 0 Å². The summed E-state index contributed by atoms with van der Waals surface area (Å²) in [7, 11) is 1.32. The van der Waals surface area contributed by atoms with Gasteiger partial charge in [-0.1, -0.05) is 24.3 Å². The van der Waals surface area contributed by atoms with Crippen LogP contribution in [0.15, 0.2) is 48.5 Å². The molecule has 138 valence electrons. The lowest BCUT2D eigenvalue weighted by Gasteiger charge is -2.09. The maximum absolute atomic E-state index is 13.3. The van der Waals surface area contributed by atoms with Crippen molar-refractivity contribution in [2.75, 3.05) is 26.8 Å². The first-order valence-electron chi connectivity index (χ1n) is 8.12. The van der Waals surface area contributed by atoms with Gasteiger partial charge in [-0.15, -0.1) is 0 Å². The van der Waals surface area contributed by atoms with Crippen molar-refractivity contribution in [2.24, 2.45) is 0 Å². The average molecular weight is 360 g/mol. The predicted molar refractivity (Wildman–Crippen MR) is 94.4 cm³/mol. The van der Waals surface area contributed by atoms with Gasteiger partial charge < -0.3 is 20.1 Å². The van der Waals surface area contributed by atoms with Gasteiger partial charge in [0.15, 0.2) is 11.6 Å². The van der Waals surface area contributed by atoms with Gasteiger partial charge in [0.05, 0.1) is 19.2 Å². The smallest absolute Gasteiger partial charge is 0.337 e. The van der Waals surface area contributed by atoms with E-state index < -0.39 is 11.8 Å². The van der Waals surface area contributed by atoms with E-state index in [2.05, 4.69) is 15.4 Å². The third-order valence-corrected chi connectivity index (χ3v) is 3.52. The van der Waals surface area contributed by atoms with E-state index in [9.17, 15) is 14.0 Å². The predicted octanol–water partition coefficient (Wildman–Crippen LogP) is 1.90.